The number of aliphatic hydroxyl groups is 1. The topological polar surface area (TPSA) is 45.1 Å². The molecule has 1 heterocycles. The van der Waals surface area contributed by atoms with E-state index in [1.54, 1.807) is 11.3 Å². The van der Waals surface area contributed by atoms with Crippen molar-refractivity contribution in [2.75, 3.05) is 6.61 Å². The van der Waals surface area contributed by atoms with Gasteiger partial charge in [0, 0.05) is 23.7 Å². The highest BCUT2D eigenvalue weighted by atomic mass is 32.1. The molecule has 0 aromatic carbocycles. The van der Waals surface area contributed by atoms with E-state index in [0.29, 0.717) is 0 Å². The van der Waals surface area contributed by atoms with E-state index < -0.39 is 0 Å². The summed E-state index contributed by atoms with van der Waals surface area (Å²) in [7, 11) is 0. The Morgan fingerprint density at radius 1 is 1.75 bits per heavy atom. The maximum atomic E-state index is 8.74. The Bertz CT molecular complexity index is 237. The van der Waals surface area contributed by atoms with E-state index >= 15 is 0 Å². The first kappa shape index (κ1) is 9.64. The van der Waals surface area contributed by atoms with Crippen molar-refractivity contribution in [3.63, 3.8) is 0 Å². The maximum absolute atomic E-state index is 8.74. The molecular weight excluding hydrogens is 172 g/mol. The number of thiazole rings is 1. The molecular formula is C8H14N2OS. The molecule has 0 aliphatic heterocycles. The van der Waals surface area contributed by atoms with Gasteiger partial charge in [0.15, 0.2) is 0 Å². The van der Waals surface area contributed by atoms with Crippen LogP contribution in [0.25, 0.3) is 0 Å². The van der Waals surface area contributed by atoms with Crippen LogP contribution in [0.1, 0.15) is 17.6 Å². The maximum Gasteiger partial charge on any atom is 0.107 e. The lowest BCUT2D eigenvalue weighted by atomic mass is 10.4. The van der Waals surface area contributed by atoms with Crippen LogP contribution in [0.15, 0.2) is 5.38 Å². The molecule has 0 aliphatic rings. The lowest BCUT2D eigenvalue weighted by Gasteiger charge is -2.07. The van der Waals surface area contributed by atoms with Crippen LogP contribution in [-0.2, 0) is 6.54 Å². The molecule has 1 aromatic rings. The molecule has 0 bridgehead atoms. The fraction of sp³-hybridized carbons (Fsp3) is 0.625. The van der Waals surface area contributed by atoms with E-state index in [4.69, 9.17) is 5.11 Å². The summed E-state index contributed by atoms with van der Waals surface area (Å²) in [5, 5.41) is 15.0. The zero-order valence-electron chi connectivity index (χ0n) is 7.37. The van der Waals surface area contributed by atoms with E-state index in [0.717, 1.165) is 17.2 Å². The van der Waals surface area contributed by atoms with E-state index in [-0.39, 0.29) is 12.6 Å². The summed E-state index contributed by atoms with van der Waals surface area (Å²) in [6.07, 6.45) is 0. The Hall–Kier alpha value is -0.450. The SMILES string of the molecule is Cc1csc(CN[C@@H](C)CO)n1. The standard InChI is InChI=1S/C8H14N2OS/c1-6(4-11)9-3-8-10-7(2)5-12-8/h5-6,9,11H,3-4H2,1-2H3/t6-/m0/s1. The molecule has 2 N–H and O–H groups in total. The quantitative estimate of drug-likeness (QED) is 0.735. The molecule has 0 radical (unpaired) electrons. The molecule has 68 valence electrons. The van der Waals surface area contributed by atoms with Crippen molar-refractivity contribution in [3.05, 3.63) is 16.1 Å². The Kier molecular flexibility index (Phi) is 3.65. The van der Waals surface area contributed by atoms with Crippen molar-refractivity contribution < 1.29 is 5.11 Å². The van der Waals surface area contributed by atoms with Crippen LogP contribution in [0, 0.1) is 6.92 Å². The fourth-order valence-corrected chi connectivity index (χ4v) is 1.53. The van der Waals surface area contributed by atoms with Crippen molar-refractivity contribution in [1.82, 2.24) is 10.3 Å². The lowest BCUT2D eigenvalue weighted by molar-refractivity contribution is 0.251. The first-order valence-corrected chi connectivity index (χ1v) is 4.85. The molecule has 3 nitrogen and oxygen atoms in total. The molecule has 1 atom stereocenters. The summed E-state index contributed by atoms with van der Waals surface area (Å²) in [5.74, 6) is 0. The van der Waals surface area contributed by atoms with Crippen LogP contribution in [-0.4, -0.2) is 22.7 Å². The molecule has 4 heteroatoms. The average molecular weight is 186 g/mol. The van der Waals surface area contributed by atoms with E-state index in [1.807, 2.05) is 19.2 Å². The largest absolute Gasteiger partial charge is 0.395 e. The summed E-state index contributed by atoms with van der Waals surface area (Å²) >= 11 is 1.65. The number of hydrogen-bond acceptors (Lipinski definition) is 4. The zero-order valence-corrected chi connectivity index (χ0v) is 8.19. The normalized spacial score (nSPS) is 13.2. The van der Waals surface area contributed by atoms with Crippen molar-refractivity contribution in [3.8, 4) is 0 Å². The second kappa shape index (κ2) is 4.54. The minimum Gasteiger partial charge on any atom is -0.395 e. The van der Waals surface area contributed by atoms with Crippen LogP contribution in [0.5, 0.6) is 0 Å². The summed E-state index contributed by atoms with van der Waals surface area (Å²) in [6, 6.07) is 0.147. The molecule has 0 spiro atoms. The van der Waals surface area contributed by atoms with Gasteiger partial charge in [0.25, 0.3) is 0 Å². The minimum atomic E-state index is 0.147. The van der Waals surface area contributed by atoms with Crippen LogP contribution >= 0.6 is 11.3 Å². The van der Waals surface area contributed by atoms with Gasteiger partial charge in [0.2, 0.25) is 0 Å². The minimum absolute atomic E-state index is 0.147. The molecule has 12 heavy (non-hydrogen) atoms. The summed E-state index contributed by atoms with van der Waals surface area (Å²) in [6.45, 7) is 4.85. The van der Waals surface area contributed by atoms with Gasteiger partial charge in [-0.05, 0) is 13.8 Å². The number of aliphatic hydroxyl groups excluding tert-OH is 1. The van der Waals surface area contributed by atoms with Crippen molar-refractivity contribution in [2.24, 2.45) is 0 Å². The predicted octanol–water partition coefficient (Wildman–Crippen LogP) is 0.922. The molecule has 0 unspecified atom stereocenters. The number of nitrogens with zero attached hydrogens (tertiary/aromatic N) is 1. The highest BCUT2D eigenvalue weighted by Crippen LogP contribution is 2.07. The van der Waals surface area contributed by atoms with E-state index in [1.165, 1.54) is 0 Å². The fourth-order valence-electron chi connectivity index (χ4n) is 0.810. The van der Waals surface area contributed by atoms with Crippen molar-refractivity contribution >= 4 is 11.3 Å². The summed E-state index contributed by atoms with van der Waals surface area (Å²) < 4.78 is 0. The number of hydrogen-bond donors (Lipinski definition) is 2. The third kappa shape index (κ3) is 2.89. The van der Waals surface area contributed by atoms with Crippen molar-refractivity contribution in [2.45, 2.75) is 26.4 Å². The molecule has 0 saturated heterocycles. The van der Waals surface area contributed by atoms with Crippen molar-refractivity contribution in [1.29, 1.82) is 0 Å². The average Bonchev–Trinajstić information content (AvgIpc) is 2.47. The van der Waals surface area contributed by atoms with Gasteiger partial charge in [0.1, 0.15) is 5.01 Å². The number of aromatic nitrogens is 1. The summed E-state index contributed by atoms with van der Waals surface area (Å²) in [5.41, 5.74) is 1.06. The van der Waals surface area contributed by atoms with Gasteiger partial charge in [-0.25, -0.2) is 4.98 Å². The van der Waals surface area contributed by atoms with Gasteiger partial charge in [-0.3, -0.25) is 0 Å². The smallest absolute Gasteiger partial charge is 0.107 e. The first-order valence-electron chi connectivity index (χ1n) is 3.97. The van der Waals surface area contributed by atoms with Crippen LogP contribution in [0.3, 0.4) is 0 Å². The molecule has 1 rings (SSSR count). The van der Waals surface area contributed by atoms with Gasteiger partial charge < -0.3 is 10.4 Å². The molecule has 0 amide bonds. The predicted molar refractivity (Wildman–Crippen MR) is 50.2 cm³/mol. The number of nitrogens with one attached hydrogen (secondary N) is 1. The molecule has 0 saturated carbocycles. The third-order valence-corrected chi connectivity index (χ3v) is 2.51. The number of rotatable bonds is 4. The van der Waals surface area contributed by atoms with Gasteiger partial charge >= 0.3 is 0 Å². The molecule has 0 aliphatic carbocycles. The first-order chi connectivity index (χ1) is 5.72. The molecule has 0 fully saturated rings. The Labute approximate surface area is 76.5 Å². The monoisotopic (exact) mass is 186 g/mol. The van der Waals surface area contributed by atoms with Crippen LogP contribution in [0.4, 0.5) is 0 Å². The Balaban J connectivity index is 2.33. The van der Waals surface area contributed by atoms with Gasteiger partial charge in [0.05, 0.1) is 6.61 Å². The number of aryl methyl sites for hydroxylation is 1. The highest BCUT2D eigenvalue weighted by Gasteiger charge is 2.01. The van der Waals surface area contributed by atoms with Crippen LogP contribution < -0.4 is 5.32 Å². The Morgan fingerprint density at radius 2 is 2.50 bits per heavy atom. The second-order valence-electron chi connectivity index (χ2n) is 2.85. The second-order valence-corrected chi connectivity index (χ2v) is 3.79. The Morgan fingerprint density at radius 3 is 3.00 bits per heavy atom. The highest BCUT2D eigenvalue weighted by molar-refractivity contribution is 7.09. The molecule has 1 aromatic heterocycles. The summed E-state index contributed by atoms with van der Waals surface area (Å²) in [4.78, 5) is 4.29. The zero-order chi connectivity index (χ0) is 8.97. The van der Waals surface area contributed by atoms with Gasteiger partial charge in [-0.15, -0.1) is 11.3 Å². The van der Waals surface area contributed by atoms with Crippen LogP contribution in [0.2, 0.25) is 0 Å². The van der Waals surface area contributed by atoms with Gasteiger partial charge in [-0.2, -0.15) is 0 Å². The van der Waals surface area contributed by atoms with Gasteiger partial charge in [-0.1, -0.05) is 0 Å². The van der Waals surface area contributed by atoms with E-state index in [9.17, 15) is 0 Å². The third-order valence-electron chi connectivity index (χ3n) is 1.54. The van der Waals surface area contributed by atoms with E-state index in [2.05, 4.69) is 10.3 Å². The lowest BCUT2D eigenvalue weighted by Crippen LogP contribution is -2.28.